The van der Waals surface area contributed by atoms with Crippen LogP contribution < -0.4 is 5.73 Å². The fourth-order valence-corrected chi connectivity index (χ4v) is 3.00. The molecular formula is C16H25N5O2S. The Morgan fingerprint density at radius 3 is 2.67 bits per heavy atom. The summed E-state index contributed by atoms with van der Waals surface area (Å²) in [6, 6.07) is 4.16. The molecule has 24 heavy (non-hydrogen) atoms. The van der Waals surface area contributed by atoms with Crippen molar-refractivity contribution in [1.29, 1.82) is 0 Å². The number of carbonyl (C=O) groups excluding carboxylic acids is 1. The molecule has 1 fully saturated rings. The summed E-state index contributed by atoms with van der Waals surface area (Å²) in [5.74, 6) is 0.729. The molecule has 1 saturated heterocycles. The lowest BCUT2D eigenvalue weighted by molar-refractivity contribution is -0.131. The number of thiophene rings is 1. The van der Waals surface area contributed by atoms with Crippen LogP contribution in [0.1, 0.15) is 17.2 Å². The smallest absolute Gasteiger partial charge is 0.236 e. The number of nitrogens with two attached hydrogens (primary N) is 1. The number of hydrogen-bond donors (Lipinski definition) is 1. The van der Waals surface area contributed by atoms with E-state index in [-0.39, 0.29) is 12.5 Å². The van der Waals surface area contributed by atoms with Crippen LogP contribution in [0, 0.1) is 6.92 Å². The maximum absolute atomic E-state index is 11.4. The van der Waals surface area contributed by atoms with Crippen LogP contribution in [0.4, 0.5) is 0 Å². The van der Waals surface area contributed by atoms with Crippen molar-refractivity contribution in [2.45, 2.75) is 19.8 Å². The Kier molecular flexibility index (Phi) is 7.87. The van der Waals surface area contributed by atoms with E-state index < -0.39 is 0 Å². The first-order valence-corrected chi connectivity index (χ1v) is 9.03. The summed E-state index contributed by atoms with van der Waals surface area (Å²) in [7, 11) is 0. The molecule has 0 radical (unpaired) electrons. The largest absolute Gasteiger partial charge is 0.340 e. The summed E-state index contributed by atoms with van der Waals surface area (Å²) in [5.41, 5.74) is 5.34. The Hall–Kier alpha value is -1.77. The minimum Gasteiger partial charge on any atom is -0.340 e. The normalized spacial score (nSPS) is 15.0. The first kappa shape index (κ1) is 18.6. The Labute approximate surface area is 146 Å². The van der Waals surface area contributed by atoms with Gasteiger partial charge in [0, 0.05) is 37.5 Å². The number of aromatic nitrogens is 2. The van der Waals surface area contributed by atoms with Crippen molar-refractivity contribution in [2.24, 2.45) is 5.73 Å². The molecule has 1 aliphatic heterocycles. The lowest BCUT2D eigenvalue weighted by Crippen LogP contribution is -2.50. The van der Waals surface area contributed by atoms with Crippen LogP contribution in [0.2, 0.25) is 0 Å². The van der Waals surface area contributed by atoms with Crippen molar-refractivity contribution in [2.75, 3.05) is 39.3 Å². The molecule has 8 heteroatoms. The van der Waals surface area contributed by atoms with Gasteiger partial charge in [0.2, 0.25) is 11.8 Å². The molecule has 0 aliphatic carbocycles. The van der Waals surface area contributed by atoms with Gasteiger partial charge < -0.3 is 15.2 Å². The summed E-state index contributed by atoms with van der Waals surface area (Å²) in [6.07, 6.45) is 3.22. The zero-order valence-corrected chi connectivity index (χ0v) is 14.9. The average molecular weight is 351 g/mol. The van der Waals surface area contributed by atoms with E-state index >= 15 is 0 Å². The Morgan fingerprint density at radius 1 is 1.38 bits per heavy atom. The van der Waals surface area contributed by atoms with Crippen molar-refractivity contribution in [3.63, 3.8) is 0 Å². The van der Waals surface area contributed by atoms with Gasteiger partial charge in [-0.25, -0.2) is 0 Å². The van der Waals surface area contributed by atoms with Crippen LogP contribution in [0.3, 0.4) is 0 Å². The molecule has 0 spiro atoms. The van der Waals surface area contributed by atoms with Crippen LogP contribution in [0.5, 0.6) is 0 Å². The maximum atomic E-state index is 11.4. The Bertz CT molecular complexity index is 565. The van der Waals surface area contributed by atoms with Crippen molar-refractivity contribution < 1.29 is 9.32 Å². The molecule has 2 aromatic heterocycles. The van der Waals surface area contributed by atoms with E-state index in [2.05, 4.69) is 39.5 Å². The summed E-state index contributed by atoms with van der Waals surface area (Å²) in [5, 5.41) is 5.65. The predicted octanol–water partition coefficient (Wildman–Crippen LogP) is 1.16. The number of amides is 1. The van der Waals surface area contributed by atoms with Gasteiger partial charge in [0.05, 0.1) is 6.54 Å². The van der Waals surface area contributed by atoms with Gasteiger partial charge in [0.25, 0.3) is 0 Å². The lowest BCUT2D eigenvalue weighted by Gasteiger charge is -2.34. The van der Waals surface area contributed by atoms with Crippen LogP contribution in [0.25, 0.3) is 0 Å². The molecule has 2 N–H and O–H groups in total. The van der Waals surface area contributed by atoms with Crippen molar-refractivity contribution >= 4 is 17.2 Å². The molecule has 132 valence electrons. The van der Waals surface area contributed by atoms with Gasteiger partial charge >= 0.3 is 0 Å². The second-order valence-corrected chi connectivity index (χ2v) is 6.74. The number of piperazine rings is 1. The summed E-state index contributed by atoms with van der Waals surface area (Å²) < 4.78 is 4.94. The molecule has 2 aromatic rings. The molecule has 7 nitrogen and oxygen atoms in total. The number of hydrogen-bond acceptors (Lipinski definition) is 7. The van der Waals surface area contributed by atoms with E-state index in [1.165, 1.54) is 11.2 Å². The van der Waals surface area contributed by atoms with Crippen molar-refractivity contribution in [1.82, 2.24) is 19.9 Å². The SMILES string of the molecule is Cc1cccs1.NCC(=O)N1CCN(CCCc2ncno2)CC1. The molecule has 0 aromatic carbocycles. The highest BCUT2D eigenvalue weighted by Gasteiger charge is 2.19. The molecule has 3 rings (SSSR count). The third kappa shape index (κ3) is 6.38. The molecule has 3 heterocycles. The fraction of sp³-hybridized carbons (Fsp3) is 0.562. The fourth-order valence-electron chi connectivity index (χ4n) is 2.47. The van der Waals surface area contributed by atoms with Crippen LogP contribution in [-0.2, 0) is 11.2 Å². The number of rotatable bonds is 5. The van der Waals surface area contributed by atoms with Crippen LogP contribution >= 0.6 is 11.3 Å². The molecule has 0 atom stereocenters. The standard InChI is InChI=1S/C11H19N5O2.C5H6S/c12-8-11(17)16-6-4-15(5-7-16)3-1-2-10-13-9-14-18-10;1-5-3-2-4-6-5/h9H,1-8,12H2;2-4H,1H3. The quantitative estimate of drug-likeness (QED) is 0.870. The highest BCUT2D eigenvalue weighted by molar-refractivity contribution is 7.09. The predicted molar refractivity (Wildman–Crippen MR) is 93.7 cm³/mol. The van der Waals surface area contributed by atoms with Gasteiger partial charge in [-0.1, -0.05) is 11.2 Å². The molecule has 0 bridgehead atoms. The molecular weight excluding hydrogens is 326 g/mol. The summed E-state index contributed by atoms with van der Waals surface area (Å²) >= 11 is 1.78. The zero-order chi connectivity index (χ0) is 17.2. The molecule has 1 amide bonds. The number of carbonyl (C=O) groups is 1. The second-order valence-electron chi connectivity index (χ2n) is 5.59. The first-order valence-electron chi connectivity index (χ1n) is 8.15. The van der Waals surface area contributed by atoms with Gasteiger partial charge in [-0.05, 0) is 31.3 Å². The Morgan fingerprint density at radius 2 is 2.17 bits per heavy atom. The number of nitrogens with zero attached hydrogens (tertiary/aromatic N) is 4. The Balaban J connectivity index is 0.000000292. The molecule has 0 unspecified atom stereocenters. The van der Waals surface area contributed by atoms with Gasteiger partial charge in [-0.2, -0.15) is 4.98 Å². The monoisotopic (exact) mass is 351 g/mol. The van der Waals surface area contributed by atoms with Crippen LogP contribution in [0.15, 0.2) is 28.4 Å². The van der Waals surface area contributed by atoms with E-state index in [1.807, 2.05) is 4.90 Å². The van der Waals surface area contributed by atoms with E-state index in [0.717, 1.165) is 45.6 Å². The molecule has 0 saturated carbocycles. The minimum atomic E-state index is 0.0421. The third-order valence-corrected chi connectivity index (χ3v) is 4.64. The maximum Gasteiger partial charge on any atom is 0.236 e. The van der Waals surface area contributed by atoms with Crippen molar-refractivity contribution in [3.05, 3.63) is 34.6 Å². The van der Waals surface area contributed by atoms with Gasteiger partial charge in [0.15, 0.2) is 6.33 Å². The highest BCUT2D eigenvalue weighted by Crippen LogP contribution is 2.05. The highest BCUT2D eigenvalue weighted by atomic mass is 32.1. The van der Waals surface area contributed by atoms with E-state index in [0.29, 0.717) is 5.89 Å². The second kappa shape index (κ2) is 10.2. The average Bonchev–Trinajstić information content (AvgIpc) is 3.29. The third-order valence-electron chi connectivity index (χ3n) is 3.83. The summed E-state index contributed by atoms with van der Waals surface area (Å²) in [4.78, 5) is 20.9. The number of aryl methyl sites for hydroxylation is 2. The lowest BCUT2D eigenvalue weighted by atomic mass is 10.2. The van der Waals surface area contributed by atoms with Crippen molar-refractivity contribution in [3.8, 4) is 0 Å². The van der Waals surface area contributed by atoms with Crippen LogP contribution in [-0.4, -0.2) is 65.1 Å². The van der Waals surface area contributed by atoms with E-state index in [1.54, 1.807) is 11.3 Å². The topological polar surface area (TPSA) is 88.5 Å². The van der Waals surface area contributed by atoms with Gasteiger partial charge in [0.1, 0.15) is 0 Å². The minimum absolute atomic E-state index is 0.0421. The van der Waals surface area contributed by atoms with E-state index in [4.69, 9.17) is 10.3 Å². The van der Waals surface area contributed by atoms with E-state index in [9.17, 15) is 4.79 Å². The first-order chi connectivity index (χ1) is 11.7. The van der Waals surface area contributed by atoms with Gasteiger partial charge in [-0.15, -0.1) is 11.3 Å². The summed E-state index contributed by atoms with van der Waals surface area (Å²) in [6.45, 7) is 6.58. The van der Waals surface area contributed by atoms with Gasteiger partial charge in [-0.3, -0.25) is 9.69 Å². The molecule has 1 aliphatic rings. The zero-order valence-electron chi connectivity index (χ0n) is 14.1.